The maximum atomic E-state index is 12.5. The molecule has 1 heterocycles. The van der Waals surface area contributed by atoms with E-state index in [0.717, 1.165) is 22.6 Å². The van der Waals surface area contributed by atoms with Crippen LogP contribution in [0.5, 0.6) is 5.75 Å². The normalized spacial score (nSPS) is 16.7. The minimum Gasteiger partial charge on any atom is -0.491 e. The molecule has 0 unspecified atom stereocenters. The van der Waals surface area contributed by atoms with E-state index in [-0.39, 0.29) is 30.3 Å². The zero-order chi connectivity index (χ0) is 19.4. The summed E-state index contributed by atoms with van der Waals surface area (Å²) in [5.41, 5.74) is 3.02. The molecule has 142 valence electrons. The number of aryl methyl sites for hydroxylation is 1. The van der Waals surface area contributed by atoms with Crippen LogP contribution in [-0.4, -0.2) is 24.5 Å². The van der Waals surface area contributed by atoms with Crippen LogP contribution in [0.25, 0.3) is 0 Å². The van der Waals surface area contributed by atoms with Crippen molar-refractivity contribution in [1.82, 2.24) is 5.32 Å². The lowest BCUT2D eigenvalue weighted by atomic mass is 10.1. The van der Waals surface area contributed by atoms with Crippen molar-refractivity contribution in [3.05, 3.63) is 59.7 Å². The van der Waals surface area contributed by atoms with E-state index in [0.29, 0.717) is 13.1 Å². The van der Waals surface area contributed by atoms with Gasteiger partial charge in [-0.1, -0.05) is 29.8 Å². The number of amides is 2. The quantitative estimate of drug-likeness (QED) is 0.852. The Kier molecular flexibility index (Phi) is 5.79. The lowest BCUT2D eigenvalue weighted by Gasteiger charge is -2.18. The van der Waals surface area contributed by atoms with Crippen molar-refractivity contribution in [2.45, 2.75) is 39.8 Å². The number of nitrogens with one attached hydrogen (secondary N) is 1. The van der Waals surface area contributed by atoms with Crippen LogP contribution >= 0.6 is 0 Å². The zero-order valence-corrected chi connectivity index (χ0v) is 16.1. The SMILES string of the molecule is Cc1cccc(CNC(=O)[C@H]2CC(=O)N(c3ccc(OC(C)C)cc3)C2)c1. The molecule has 0 spiro atoms. The number of carbonyl (C=O) groups is 2. The van der Waals surface area contributed by atoms with E-state index in [1.165, 1.54) is 0 Å². The van der Waals surface area contributed by atoms with E-state index in [1.54, 1.807) is 4.90 Å². The van der Waals surface area contributed by atoms with Crippen molar-refractivity contribution in [3.8, 4) is 5.75 Å². The van der Waals surface area contributed by atoms with Crippen LogP contribution in [0.3, 0.4) is 0 Å². The average Bonchev–Trinajstić information content (AvgIpc) is 3.02. The van der Waals surface area contributed by atoms with Gasteiger partial charge in [0.25, 0.3) is 0 Å². The molecule has 1 aliphatic heterocycles. The Hall–Kier alpha value is -2.82. The van der Waals surface area contributed by atoms with E-state index in [9.17, 15) is 9.59 Å². The smallest absolute Gasteiger partial charge is 0.227 e. The third-order valence-electron chi connectivity index (χ3n) is 4.57. The van der Waals surface area contributed by atoms with Crippen LogP contribution in [0, 0.1) is 12.8 Å². The van der Waals surface area contributed by atoms with Crippen molar-refractivity contribution in [3.63, 3.8) is 0 Å². The summed E-state index contributed by atoms with van der Waals surface area (Å²) in [5.74, 6) is 0.345. The Bertz CT molecular complexity index is 815. The molecule has 2 amide bonds. The van der Waals surface area contributed by atoms with E-state index in [2.05, 4.69) is 5.32 Å². The first-order valence-electron chi connectivity index (χ1n) is 9.32. The maximum absolute atomic E-state index is 12.5. The molecular weight excluding hydrogens is 340 g/mol. The predicted octanol–water partition coefficient (Wildman–Crippen LogP) is 3.45. The summed E-state index contributed by atoms with van der Waals surface area (Å²) in [6.07, 6.45) is 0.343. The predicted molar refractivity (Wildman–Crippen MR) is 106 cm³/mol. The lowest BCUT2D eigenvalue weighted by molar-refractivity contribution is -0.126. The van der Waals surface area contributed by atoms with E-state index in [1.807, 2.05) is 69.3 Å². The molecule has 1 saturated heterocycles. The standard InChI is InChI=1S/C22H26N2O3/c1-15(2)27-20-9-7-19(8-10-20)24-14-18(12-21(24)25)22(26)23-13-17-6-4-5-16(3)11-17/h4-11,15,18H,12-14H2,1-3H3,(H,23,26)/t18-/m0/s1. The maximum Gasteiger partial charge on any atom is 0.227 e. The molecule has 1 fully saturated rings. The molecule has 1 N–H and O–H groups in total. The van der Waals surface area contributed by atoms with Gasteiger partial charge in [-0.2, -0.15) is 0 Å². The summed E-state index contributed by atoms with van der Waals surface area (Å²) in [6, 6.07) is 15.5. The van der Waals surface area contributed by atoms with Crippen LogP contribution in [-0.2, 0) is 16.1 Å². The summed E-state index contributed by atoms with van der Waals surface area (Å²) < 4.78 is 5.63. The summed E-state index contributed by atoms with van der Waals surface area (Å²) in [5, 5.41) is 2.95. The summed E-state index contributed by atoms with van der Waals surface area (Å²) in [7, 11) is 0. The Labute approximate surface area is 160 Å². The number of anilines is 1. The number of hydrogen-bond donors (Lipinski definition) is 1. The molecule has 0 saturated carbocycles. The number of hydrogen-bond acceptors (Lipinski definition) is 3. The lowest BCUT2D eigenvalue weighted by Crippen LogP contribution is -2.32. The van der Waals surface area contributed by atoms with Crippen molar-refractivity contribution in [2.24, 2.45) is 5.92 Å². The van der Waals surface area contributed by atoms with Gasteiger partial charge in [0.05, 0.1) is 12.0 Å². The van der Waals surface area contributed by atoms with Gasteiger partial charge in [0.15, 0.2) is 0 Å². The van der Waals surface area contributed by atoms with Gasteiger partial charge >= 0.3 is 0 Å². The molecule has 2 aromatic rings. The topological polar surface area (TPSA) is 58.6 Å². The van der Waals surface area contributed by atoms with Gasteiger partial charge < -0.3 is 15.0 Å². The van der Waals surface area contributed by atoms with Crippen molar-refractivity contribution in [1.29, 1.82) is 0 Å². The summed E-state index contributed by atoms with van der Waals surface area (Å²) in [6.45, 7) is 6.85. The van der Waals surface area contributed by atoms with Crippen LogP contribution in [0.15, 0.2) is 48.5 Å². The van der Waals surface area contributed by atoms with Gasteiger partial charge in [-0.3, -0.25) is 9.59 Å². The molecule has 27 heavy (non-hydrogen) atoms. The van der Waals surface area contributed by atoms with Gasteiger partial charge in [-0.25, -0.2) is 0 Å². The zero-order valence-electron chi connectivity index (χ0n) is 16.1. The molecule has 5 heteroatoms. The van der Waals surface area contributed by atoms with E-state index in [4.69, 9.17) is 4.74 Å². The van der Waals surface area contributed by atoms with Gasteiger partial charge in [0.1, 0.15) is 5.75 Å². The number of carbonyl (C=O) groups excluding carboxylic acids is 2. The molecule has 0 aromatic heterocycles. The van der Waals surface area contributed by atoms with Gasteiger partial charge in [0, 0.05) is 25.2 Å². The minimum atomic E-state index is -0.325. The highest BCUT2D eigenvalue weighted by molar-refractivity contribution is 6.00. The highest BCUT2D eigenvalue weighted by Gasteiger charge is 2.35. The molecule has 0 aliphatic carbocycles. The highest BCUT2D eigenvalue weighted by Crippen LogP contribution is 2.27. The summed E-state index contributed by atoms with van der Waals surface area (Å²) in [4.78, 5) is 26.6. The second kappa shape index (κ2) is 8.25. The number of ether oxygens (including phenoxy) is 1. The van der Waals surface area contributed by atoms with Gasteiger partial charge in [0.2, 0.25) is 11.8 Å². The van der Waals surface area contributed by atoms with Crippen molar-refractivity contribution in [2.75, 3.05) is 11.4 Å². The van der Waals surface area contributed by atoms with Crippen LogP contribution in [0.2, 0.25) is 0 Å². The Morgan fingerprint density at radius 3 is 2.63 bits per heavy atom. The summed E-state index contributed by atoms with van der Waals surface area (Å²) >= 11 is 0. The third-order valence-corrected chi connectivity index (χ3v) is 4.57. The Morgan fingerprint density at radius 1 is 1.22 bits per heavy atom. The monoisotopic (exact) mass is 366 g/mol. The first-order chi connectivity index (χ1) is 12.9. The first-order valence-corrected chi connectivity index (χ1v) is 9.32. The molecule has 5 nitrogen and oxygen atoms in total. The van der Waals surface area contributed by atoms with Crippen molar-refractivity contribution >= 4 is 17.5 Å². The average molecular weight is 366 g/mol. The molecule has 0 radical (unpaired) electrons. The van der Waals surface area contributed by atoms with Crippen LogP contribution in [0.4, 0.5) is 5.69 Å². The Morgan fingerprint density at radius 2 is 1.96 bits per heavy atom. The molecule has 1 atom stereocenters. The second-order valence-electron chi connectivity index (χ2n) is 7.27. The van der Waals surface area contributed by atoms with E-state index >= 15 is 0 Å². The molecule has 2 aromatic carbocycles. The van der Waals surface area contributed by atoms with Gasteiger partial charge in [-0.15, -0.1) is 0 Å². The van der Waals surface area contributed by atoms with Crippen molar-refractivity contribution < 1.29 is 14.3 Å². The molecule has 1 aliphatic rings. The molecule has 3 rings (SSSR count). The Balaban J connectivity index is 1.58. The van der Waals surface area contributed by atoms with Crippen LogP contribution in [0.1, 0.15) is 31.4 Å². The molecular formula is C22H26N2O3. The number of benzene rings is 2. The third kappa shape index (κ3) is 4.88. The fourth-order valence-electron chi connectivity index (χ4n) is 3.27. The fraction of sp³-hybridized carbons (Fsp3) is 0.364. The molecule has 0 bridgehead atoms. The first kappa shape index (κ1) is 19.0. The van der Waals surface area contributed by atoms with Gasteiger partial charge in [-0.05, 0) is 50.6 Å². The second-order valence-corrected chi connectivity index (χ2v) is 7.27. The fourth-order valence-corrected chi connectivity index (χ4v) is 3.27. The number of rotatable bonds is 6. The minimum absolute atomic E-state index is 0.0248. The van der Waals surface area contributed by atoms with Crippen LogP contribution < -0.4 is 15.0 Å². The number of nitrogens with zero attached hydrogens (tertiary/aromatic N) is 1. The van der Waals surface area contributed by atoms with E-state index < -0.39 is 0 Å². The largest absolute Gasteiger partial charge is 0.491 e. The highest BCUT2D eigenvalue weighted by atomic mass is 16.5.